The van der Waals surface area contributed by atoms with Crippen LogP contribution in [0.2, 0.25) is 0 Å². The summed E-state index contributed by atoms with van der Waals surface area (Å²) in [7, 11) is 2.13. The molecule has 0 spiro atoms. The second kappa shape index (κ2) is 2.28. The first-order valence-electron chi connectivity index (χ1n) is 2.79. The third kappa shape index (κ3) is 1.45. The van der Waals surface area contributed by atoms with Crippen LogP contribution >= 0.6 is 0 Å². The van der Waals surface area contributed by atoms with Crippen molar-refractivity contribution < 1.29 is 1.43 Å². The predicted molar refractivity (Wildman–Crippen MR) is 32.2 cm³/mol. The number of nitrogens with one attached hydrogen (secondary N) is 1. The van der Waals surface area contributed by atoms with Gasteiger partial charge in [0.15, 0.2) is 0 Å². The molecule has 0 radical (unpaired) electrons. The molecule has 1 N–H and O–H groups in total. The minimum Gasteiger partial charge on any atom is -0.304 e. The minimum atomic E-state index is 0. The van der Waals surface area contributed by atoms with Crippen LogP contribution in [0.4, 0.5) is 0 Å². The second-order valence-electron chi connectivity index (χ2n) is 2.09. The lowest BCUT2D eigenvalue weighted by Gasteiger charge is -2.22. The number of rotatable bonds is 0. The highest BCUT2D eigenvalue weighted by atomic mass is 15.2. The first-order chi connectivity index (χ1) is 3.39. The molecule has 0 amide bonds. The smallest absolute Gasteiger partial charge is 0.0477 e. The van der Waals surface area contributed by atoms with Crippen LogP contribution in [-0.4, -0.2) is 31.7 Å². The van der Waals surface area contributed by atoms with Gasteiger partial charge in [0.1, 0.15) is 0 Å². The Morgan fingerprint density at radius 2 is 2.57 bits per heavy atom. The molecule has 0 aromatic rings. The van der Waals surface area contributed by atoms with E-state index in [1.165, 1.54) is 19.5 Å². The van der Waals surface area contributed by atoms with Gasteiger partial charge in [-0.3, -0.25) is 4.90 Å². The summed E-state index contributed by atoms with van der Waals surface area (Å²) in [4.78, 5) is 2.28. The molecule has 1 heterocycles. The minimum absolute atomic E-state index is 0. The predicted octanol–water partition coefficient (Wildman–Crippen LogP) is 0.115. The molecule has 1 fully saturated rings. The quantitative estimate of drug-likeness (QED) is 0.467. The zero-order chi connectivity index (χ0) is 5.11. The van der Waals surface area contributed by atoms with E-state index >= 15 is 0 Å². The van der Waals surface area contributed by atoms with E-state index in [-0.39, 0.29) is 1.43 Å². The molecule has 0 atom stereocenters. The van der Waals surface area contributed by atoms with Crippen LogP contribution < -0.4 is 5.32 Å². The largest absolute Gasteiger partial charge is 0.304 e. The topological polar surface area (TPSA) is 15.3 Å². The van der Waals surface area contributed by atoms with E-state index in [9.17, 15) is 0 Å². The van der Waals surface area contributed by atoms with Crippen molar-refractivity contribution in [3.05, 3.63) is 0 Å². The van der Waals surface area contributed by atoms with Crippen LogP contribution in [0.1, 0.15) is 7.85 Å². The molecule has 0 bridgehead atoms. The van der Waals surface area contributed by atoms with Gasteiger partial charge in [-0.05, 0) is 20.0 Å². The zero-order valence-corrected chi connectivity index (χ0v) is 4.78. The highest BCUT2D eigenvalue weighted by Crippen LogP contribution is 1.88. The fourth-order valence-corrected chi connectivity index (χ4v) is 0.823. The van der Waals surface area contributed by atoms with Crippen molar-refractivity contribution in [2.75, 3.05) is 26.8 Å². The van der Waals surface area contributed by atoms with Gasteiger partial charge in [-0.15, -0.1) is 0 Å². The van der Waals surface area contributed by atoms with Crippen LogP contribution in [-0.2, 0) is 0 Å². The van der Waals surface area contributed by atoms with Gasteiger partial charge in [0.2, 0.25) is 0 Å². The van der Waals surface area contributed by atoms with Crippen molar-refractivity contribution in [3.8, 4) is 0 Å². The van der Waals surface area contributed by atoms with E-state index in [1.54, 1.807) is 0 Å². The fourth-order valence-electron chi connectivity index (χ4n) is 0.823. The van der Waals surface area contributed by atoms with Crippen molar-refractivity contribution in [2.45, 2.75) is 6.42 Å². The molecule has 44 valence electrons. The molecular formula is C5H14N2. The highest BCUT2D eigenvalue weighted by molar-refractivity contribution is 4.57. The fraction of sp³-hybridized carbons (Fsp3) is 1.00. The molecule has 0 aliphatic carbocycles. The lowest BCUT2D eigenvalue weighted by molar-refractivity contribution is 0.261. The monoisotopic (exact) mass is 102 g/mol. The van der Waals surface area contributed by atoms with Gasteiger partial charge >= 0.3 is 0 Å². The maximum Gasteiger partial charge on any atom is 0.0477 e. The Morgan fingerprint density at radius 1 is 1.71 bits per heavy atom. The van der Waals surface area contributed by atoms with E-state index in [1.807, 2.05) is 0 Å². The van der Waals surface area contributed by atoms with E-state index in [2.05, 4.69) is 17.3 Å². The van der Waals surface area contributed by atoms with Gasteiger partial charge in [-0.2, -0.15) is 0 Å². The summed E-state index contributed by atoms with van der Waals surface area (Å²) in [5.41, 5.74) is 0. The van der Waals surface area contributed by atoms with E-state index in [0.717, 1.165) is 6.67 Å². The molecule has 7 heavy (non-hydrogen) atoms. The van der Waals surface area contributed by atoms with Crippen LogP contribution in [0, 0.1) is 0 Å². The first-order valence-corrected chi connectivity index (χ1v) is 2.79. The summed E-state index contributed by atoms with van der Waals surface area (Å²) in [5.74, 6) is 0. The molecule has 0 unspecified atom stereocenters. The lowest BCUT2D eigenvalue weighted by atomic mass is 10.3. The van der Waals surface area contributed by atoms with Gasteiger partial charge in [0.05, 0.1) is 0 Å². The van der Waals surface area contributed by atoms with E-state index in [4.69, 9.17) is 0 Å². The van der Waals surface area contributed by atoms with Crippen LogP contribution in [0.5, 0.6) is 0 Å². The molecule has 0 aromatic heterocycles. The Labute approximate surface area is 46.0 Å². The Morgan fingerprint density at radius 3 is 2.86 bits per heavy atom. The lowest BCUT2D eigenvalue weighted by Crippen LogP contribution is -2.38. The van der Waals surface area contributed by atoms with Gasteiger partial charge in [-0.1, -0.05) is 0 Å². The van der Waals surface area contributed by atoms with Crippen LogP contribution in [0.25, 0.3) is 0 Å². The summed E-state index contributed by atoms with van der Waals surface area (Å²) < 4.78 is 0. The molecule has 0 aromatic carbocycles. The Hall–Kier alpha value is -0.0800. The first kappa shape index (κ1) is 5.06. The number of hydrogen-bond donors (Lipinski definition) is 1. The Bertz CT molecular complexity index is 52.4. The third-order valence-electron chi connectivity index (χ3n) is 1.28. The molecule has 1 aliphatic rings. The molecule has 1 saturated heterocycles. The Balaban J connectivity index is 0.000000490. The standard InChI is InChI=1S/C5H12N2.H2/c1-7-4-2-3-6-5-7;/h6H,2-5H2,1H3;1H. The van der Waals surface area contributed by atoms with Crippen molar-refractivity contribution >= 4 is 0 Å². The molecule has 0 saturated carbocycles. The summed E-state index contributed by atoms with van der Waals surface area (Å²) >= 11 is 0. The average molecular weight is 102 g/mol. The summed E-state index contributed by atoms with van der Waals surface area (Å²) in [6, 6.07) is 0. The number of nitrogens with zero attached hydrogens (tertiary/aromatic N) is 1. The molecule has 1 aliphatic heterocycles. The van der Waals surface area contributed by atoms with Crippen molar-refractivity contribution in [3.63, 3.8) is 0 Å². The normalized spacial score (nSPS) is 25.3. The van der Waals surface area contributed by atoms with Crippen LogP contribution in [0.3, 0.4) is 0 Å². The Kier molecular flexibility index (Phi) is 1.65. The van der Waals surface area contributed by atoms with Gasteiger partial charge in [0.25, 0.3) is 0 Å². The maximum absolute atomic E-state index is 3.26. The summed E-state index contributed by atoms with van der Waals surface area (Å²) in [6.07, 6.45) is 1.30. The average Bonchev–Trinajstić information content (AvgIpc) is 1.69. The van der Waals surface area contributed by atoms with Gasteiger partial charge in [-0.25, -0.2) is 0 Å². The highest BCUT2D eigenvalue weighted by Gasteiger charge is 2.00. The van der Waals surface area contributed by atoms with Crippen LogP contribution in [0.15, 0.2) is 0 Å². The van der Waals surface area contributed by atoms with Crippen molar-refractivity contribution in [1.82, 2.24) is 10.2 Å². The number of hydrogen-bond acceptors (Lipinski definition) is 2. The van der Waals surface area contributed by atoms with Crippen molar-refractivity contribution in [2.24, 2.45) is 0 Å². The maximum atomic E-state index is 3.26. The summed E-state index contributed by atoms with van der Waals surface area (Å²) in [6.45, 7) is 3.53. The zero-order valence-electron chi connectivity index (χ0n) is 4.78. The SMILES string of the molecule is CN1CCCNC1.[HH]. The van der Waals surface area contributed by atoms with Gasteiger partial charge < -0.3 is 5.32 Å². The molecule has 2 nitrogen and oxygen atoms in total. The van der Waals surface area contributed by atoms with Crippen molar-refractivity contribution in [1.29, 1.82) is 0 Å². The molecular weight excluding hydrogens is 88.1 g/mol. The summed E-state index contributed by atoms with van der Waals surface area (Å²) in [5, 5.41) is 3.26. The van der Waals surface area contributed by atoms with E-state index in [0.29, 0.717) is 0 Å². The van der Waals surface area contributed by atoms with E-state index < -0.39 is 0 Å². The van der Waals surface area contributed by atoms with Gasteiger partial charge in [0, 0.05) is 14.6 Å². The molecule has 1 rings (SSSR count). The third-order valence-corrected chi connectivity index (χ3v) is 1.28. The molecule has 2 heteroatoms. The second-order valence-corrected chi connectivity index (χ2v) is 2.09.